The maximum Gasteiger partial charge on any atom is 0.236 e. The Morgan fingerprint density at radius 3 is 3.05 bits per heavy atom. The third kappa shape index (κ3) is 1.66. The Bertz CT molecular complexity index is 637. The van der Waals surface area contributed by atoms with Crippen molar-refractivity contribution in [3.05, 3.63) is 41.5 Å². The Morgan fingerprint density at radius 2 is 2.24 bits per heavy atom. The molecule has 1 amide bonds. The molecule has 1 fully saturated rings. The van der Waals surface area contributed by atoms with Crippen LogP contribution in [0.15, 0.2) is 35.9 Å². The third-order valence-electron chi connectivity index (χ3n) is 5.39. The van der Waals surface area contributed by atoms with Crippen molar-refractivity contribution in [2.75, 3.05) is 18.4 Å². The predicted octanol–water partition coefficient (Wildman–Crippen LogP) is 1.66. The van der Waals surface area contributed by atoms with Gasteiger partial charge in [-0.05, 0) is 37.0 Å². The third-order valence-corrected chi connectivity index (χ3v) is 5.39. The number of nitrogens with one attached hydrogen (secondary N) is 1. The molecule has 1 spiro atoms. The molecule has 4 nitrogen and oxygen atoms in total. The molecule has 1 aromatic rings. The van der Waals surface area contributed by atoms with E-state index >= 15 is 0 Å². The molecule has 0 saturated carbocycles. The van der Waals surface area contributed by atoms with E-state index in [1.54, 1.807) is 0 Å². The van der Waals surface area contributed by atoms with Gasteiger partial charge in [-0.2, -0.15) is 0 Å². The molecule has 1 saturated heterocycles. The van der Waals surface area contributed by atoms with Gasteiger partial charge < -0.3 is 10.4 Å². The lowest BCUT2D eigenvalue weighted by molar-refractivity contribution is -0.121. The fourth-order valence-electron chi connectivity index (χ4n) is 4.27. The number of carbonyl (C=O) groups excluding carboxylic acids is 1. The van der Waals surface area contributed by atoms with Crippen LogP contribution >= 0.6 is 0 Å². The van der Waals surface area contributed by atoms with Crippen molar-refractivity contribution >= 4 is 11.6 Å². The fraction of sp³-hybridized carbons (Fsp3) is 0.471. The van der Waals surface area contributed by atoms with E-state index in [4.69, 9.17) is 0 Å². The number of hydrogen-bond donors (Lipinski definition) is 2. The monoisotopic (exact) mass is 284 g/mol. The first-order valence-electron chi connectivity index (χ1n) is 7.65. The highest BCUT2D eigenvalue weighted by atomic mass is 16.3. The summed E-state index contributed by atoms with van der Waals surface area (Å²) >= 11 is 0. The van der Waals surface area contributed by atoms with Crippen molar-refractivity contribution in [2.45, 2.75) is 37.3 Å². The molecule has 21 heavy (non-hydrogen) atoms. The first-order chi connectivity index (χ1) is 10.1. The van der Waals surface area contributed by atoms with Crippen LogP contribution in [0.3, 0.4) is 0 Å². The van der Waals surface area contributed by atoms with Crippen LogP contribution < -0.4 is 5.32 Å². The molecule has 2 N–H and O–H groups in total. The van der Waals surface area contributed by atoms with Crippen molar-refractivity contribution in [3.8, 4) is 0 Å². The minimum Gasteiger partial charge on any atom is -0.389 e. The normalized spacial score (nSPS) is 32.6. The Hall–Kier alpha value is -1.65. The molecule has 110 valence electrons. The van der Waals surface area contributed by atoms with Gasteiger partial charge in [0.05, 0.1) is 11.5 Å². The maximum atomic E-state index is 12.7. The lowest BCUT2D eigenvalue weighted by Gasteiger charge is -2.37. The Balaban J connectivity index is 1.76. The molecule has 0 bridgehead atoms. The van der Waals surface area contributed by atoms with Crippen LogP contribution in [0.2, 0.25) is 0 Å². The van der Waals surface area contributed by atoms with Gasteiger partial charge in [0.15, 0.2) is 0 Å². The van der Waals surface area contributed by atoms with Crippen molar-refractivity contribution in [1.29, 1.82) is 0 Å². The quantitative estimate of drug-likeness (QED) is 0.771. The smallest absolute Gasteiger partial charge is 0.236 e. The molecule has 3 heterocycles. The van der Waals surface area contributed by atoms with Gasteiger partial charge in [0.25, 0.3) is 0 Å². The second-order valence-electron chi connectivity index (χ2n) is 6.40. The number of benzene rings is 1. The van der Waals surface area contributed by atoms with E-state index in [0.29, 0.717) is 0 Å². The van der Waals surface area contributed by atoms with Gasteiger partial charge in [-0.3, -0.25) is 9.69 Å². The van der Waals surface area contributed by atoms with Gasteiger partial charge in [-0.1, -0.05) is 24.3 Å². The number of para-hydroxylation sites is 1. The number of hydrogen-bond acceptors (Lipinski definition) is 3. The number of nitrogens with zero attached hydrogens (tertiary/aromatic N) is 1. The lowest BCUT2D eigenvalue weighted by atomic mass is 9.73. The van der Waals surface area contributed by atoms with Crippen LogP contribution in [0.1, 0.15) is 25.3 Å². The van der Waals surface area contributed by atoms with E-state index in [-0.39, 0.29) is 11.9 Å². The number of carbonyl (C=O) groups is 1. The van der Waals surface area contributed by atoms with Crippen molar-refractivity contribution < 1.29 is 9.90 Å². The average molecular weight is 284 g/mol. The summed E-state index contributed by atoms with van der Waals surface area (Å²) in [5.41, 5.74) is 2.79. The van der Waals surface area contributed by atoms with E-state index in [0.717, 1.165) is 42.8 Å². The first kappa shape index (κ1) is 13.0. The summed E-state index contributed by atoms with van der Waals surface area (Å²) < 4.78 is 0. The van der Waals surface area contributed by atoms with Crippen molar-refractivity contribution in [3.63, 3.8) is 0 Å². The molecule has 4 heteroatoms. The van der Waals surface area contributed by atoms with Gasteiger partial charge in [0.2, 0.25) is 5.91 Å². The second kappa shape index (κ2) is 4.42. The van der Waals surface area contributed by atoms with Crippen LogP contribution in [-0.4, -0.2) is 41.1 Å². The second-order valence-corrected chi connectivity index (χ2v) is 6.40. The number of rotatable bonds is 1. The molecule has 4 rings (SSSR count). The molecule has 0 aromatic heterocycles. The van der Waals surface area contributed by atoms with Crippen LogP contribution in [0.5, 0.6) is 0 Å². The highest BCUT2D eigenvalue weighted by Crippen LogP contribution is 2.50. The maximum absolute atomic E-state index is 12.7. The summed E-state index contributed by atoms with van der Waals surface area (Å²) in [4.78, 5) is 15.1. The highest BCUT2D eigenvalue weighted by Gasteiger charge is 2.57. The molecule has 0 aliphatic carbocycles. The Morgan fingerprint density at radius 1 is 1.43 bits per heavy atom. The number of anilines is 1. The first-order valence-corrected chi connectivity index (χ1v) is 7.65. The minimum atomic E-state index is -0.405. The summed E-state index contributed by atoms with van der Waals surface area (Å²) in [5.74, 6) is 0.144. The summed E-state index contributed by atoms with van der Waals surface area (Å²) in [6, 6.07) is 8.28. The van der Waals surface area contributed by atoms with Gasteiger partial charge in [0, 0.05) is 24.8 Å². The standard InChI is InChI=1S/C17H20N2O2/c1-11(20)12-6-7-15-17(8-9-19(15)10-12)13-4-2-3-5-14(13)18-16(17)21/h2-6,11,15,20H,7-10H2,1H3,(H,18,21)/t11?,15-,17-/m0/s1. The van der Waals surface area contributed by atoms with Gasteiger partial charge in [-0.15, -0.1) is 0 Å². The molecule has 3 atom stereocenters. The molecular formula is C17H20N2O2. The lowest BCUT2D eigenvalue weighted by Crippen LogP contribution is -2.49. The van der Waals surface area contributed by atoms with Crippen molar-refractivity contribution in [2.24, 2.45) is 0 Å². The SMILES string of the molecule is CC(O)C1=CC[C@@H]2N(CC[C@@]23C(=O)Nc2ccccc23)C1. The van der Waals surface area contributed by atoms with Crippen LogP contribution in [0, 0.1) is 0 Å². The Kier molecular flexibility index (Phi) is 2.75. The number of amides is 1. The molecule has 1 aromatic carbocycles. The van der Waals surface area contributed by atoms with Gasteiger partial charge in [-0.25, -0.2) is 0 Å². The van der Waals surface area contributed by atoms with E-state index < -0.39 is 11.5 Å². The zero-order valence-electron chi connectivity index (χ0n) is 12.2. The summed E-state index contributed by atoms with van der Waals surface area (Å²) in [6.07, 6.45) is 3.43. The zero-order valence-corrected chi connectivity index (χ0v) is 12.2. The van der Waals surface area contributed by atoms with Gasteiger partial charge in [0.1, 0.15) is 0 Å². The molecule has 3 aliphatic heterocycles. The van der Waals surface area contributed by atoms with Gasteiger partial charge >= 0.3 is 0 Å². The molecule has 3 aliphatic rings. The summed E-state index contributed by atoms with van der Waals surface area (Å²) in [6.45, 7) is 3.51. The topological polar surface area (TPSA) is 52.6 Å². The summed E-state index contributed by atoms with van der Waals surface area (Å²) in [5, 5.41) is 12.9. The Labute approximate surface area is 124 Å². The van der Waals surface area contributed by atoms with E-state index in [2.05, 4.69) is 22.4 Å². The molecule has 1 unspecified atom stereocenters. The highest BCUT2D eigenvalue weighted by molar-refractivity contribution is 6.07. The molecule has 0 radical (unpaired) electrons. The predicted molar refractivity (Wildman–Crippen MR) is 81.1 cm³/mol. The minimum absolute atomic E-state index is 0.144. The van der Waals surface area contributed by atoms with E-state index in [1.807, 2.05) is 25.1 Å². The number of aliphatic hydroxyl groups is 1. The summed E-state index contributed by atoms with van der Waals surface area (Å²) in [7, 11) is 0. The van der Waals surface area contributed by atoms with Crippen LogP contribution in [-0.2, 0) is 10.2 Å². The van der Waals surface area contributed by atoms with E-state index in [1.165, 1.54) is 0 Å². The largest absolute Gasteiger partial charge is 0.389 e. The average Bonchev–Trinajstić information content (AvgIpc) is 3.00. The van der Waals surface area contributed by atoms with Crippen LogP contribution in [0.25, 0.3) is 0 Å². The van der Waals surface area contributed by atoms with E-state index in [9.17, 15) is 9.90 Å². The zero-order chi connectivity index (χ0) is 14.6. The molecular weight excluding hydrogens is 264 g/mol. The number of aliphatic hydroxyl groups excluding tert-OH is 1. The van der Waals surface area contributed by atoms with Crippen molar-refractivity contribution in [1.82, 2.24) is 4.90 Å². The van der Waals surface area contributed by atoms with Crippen LogP contribution in [0.4, 0.5) is 5.69 Å². The number of fused-ring (bicyclic) bond motifs is 4. The fourth-order valence-corrected chi connectivity index (χ4v) is 4.27.